The van der Waals surface area contributed by atoms with Crippen LogP contribution in [0.2, 0.25) is 0 Å². The van der Waals surface area contributed by atoms with Gasteiger partial charge in [-0.15, -0.1) is 0 Å². The summed E-state index contributed by atoms with van der Waals surface area (Å²) in [7, 11) is 2.03. The molecule has 104 valence electrons. The minimum atomic E-state index is 0.252. The second kappa shape index (κ2) is 6.37. The number of hydrogen-bond donors (Lipinski definition) is 1. The molecule has 0 saturated heterocycles. The Bertz CT molecular complexity index is 456. The van der Waals surface area contributed by atoms with E-state index in [1.54, 1.807) is 0 Å². The molecule has 5 nitrogen and oxygen atoms in total. The van der Waals surface area contributed by atoms with Crippen molar-refractivity contribution in [1.29, 1.82) is 5.26 Å². The maximum Gasteiger partial charge on any atom is 0.134 e. The van der Waals surface area contributed by atoms with Crippen LogP contribution in [0.4, 0.5) is 11.6 Å². The molecule has 5 heteroatoms. The summed E-state index contributed by atoms with van der Waals surface area (Å²) < 4.78 is 0. The van der Waals surface area contributed by atoms with E-state index in [1.165, 1.54) is 0 Å². The topological polar surface area (TPSA) is 64.8 Å². The highest BCUT2D eigenvalue weighted by Crippen LogP contribution is 2.21. The summed E-state index contributed by atoms with van der Waals surface area (Å²) in [6.07, 6.45) is 1.09. The molecule has 0 aliphatic heterocycles. The van der Waals surface area contributed by atoms with Crippen LogP contribution < -0.4 is 10.2 Å². The largest absolute Gasteiger partial charge is 0.359 e. The van der Waals surface area contributed by atoms with Crippen LogP contribution >= 0.6 is 0 Å². The predicted molar refractivity (Wildman–Crippen MR) is 78.2 cm³/mol. The lowest BCUT2D eigenvalue weighted by Crippen LogP contribution is -2.24. The van der Waals surface area contributed by atoms with Crippen molar-refractivity contribution in [2.45, 2.75) is 34.1 Å². The molecular formula is C14H23N5. The Balaban J connectivity index is 2.76. The standard InChI is InChI=1S/C14H23N5/c1-11-17-12(16-8-7-15)10-13(18-11)19(5)9-6-14(2,3)4/h10H,6,8-9H2,1-5H3,(H,16,17,18). The average Bonchev–Trinajstić information content (AvgIpc) is 2.31. The monoisotopic (exact) mass is 261 g/mol. The van der Waals surface area contributed by atoms with Gasteiger partial charge < -0.3 is 10.2 Å². The number of aryl methyl sites for hydroxylation is 1. The van der Waals surface area contributed by atoms with Crippen LogP contribution in [0, 0.1) is 23.7 Å². The van der Waals surface area contributed by atoms with Crippen LogP contribution in [0.5, 0.6) is 0 Å². The number of rotatable bonds is 5. The van der Waals surface area contributed by atoms with E-state index in [9.17, 15) is 0 Å². The van der Waals surface area contributed by atoms with Crippen LogP contribution in [0.25, 0.3) is 0 Å². The van der Waals surface area contributed by atoms with E-state index >= 15 is 0 Å². The van der Waals surface area contributed by atoms with Gasteiger partial charge in [-0.3, -0.25) is 0 Å². The van der Waals surface area contributed by atoms with Gasteiger partial charge in [0.25, 0.3) is 0 Å². The molecule has 1 heterocycles. The van der Waals surface area contributed by atoms with E-state index < -0.39 is 0 Å². The maximum atomic E-state index is 8.58. The SMILES string of the molecule is Cc1nc(NCC#N)cc(N(C)CCC(C)(C)C)n1. The van der Waals surface area contributed by atoms with Crippen LogP contribution in [0.3, 0.4) is 0 Å². The fourth-order valence-electron chi connectivity index (χ4n) is 1.59. The number of aromatic nitrogens is 2. The number of nitriles is 1. The fraction of sp³-hybridized carbons (Fsp3) is 0.643. The first-order valence-corrected chi connectivity index (χ1v) is 6.49. The number of nitrogens with one attached hydrogen (secondary N) is 1. The van der Waals surface area contributed by atoms with Crippen molar-refractivity contribution < 1.29 is 0 Å². The van der Waals surface area contributed by atoms with Crippen LogP contribution in [0.1, 0.15) is 33.0 Å². The van der Waals surface area contributed by atoms with Gasteiger partial charge in [-0.2, -0.15) is 5.26 Å². The van der Waals surface area contributed by atoms with Crippen molar-refractivity contribution in [1.82, 2.24) is 9.97 Å². The molecule has 0 aliphatic carbocycles. The summed E-state index contributed by atoms with van der Waals surface area (Å²) in [5.74, 6) is 2.30. The summed E-state index contributed by atoms with van der Waals surface area (Å²) in [5, 5.41) is 11.5. The molecule has 1 aromatic heterocycles. The zero-order valence-electron chi connectivity index (χ0n) is 12.5. The van der Waals surface area contributed by atoms with E-state index in [2.05, 4.69) is 41.0 Å². The highest BCUT2D eigenvalue weighted by atomic mass is 15.2. The summed E-state index contributed by atoms with van der Waals surface area (Å²) in [4.78, 5) is 10.8. The molecule has 0 aliphatic rings. The third-order valence-electron chi connectivity index (χ3n) is 2.76. The molecule has 0 amide bonds. The molecule has 1 aromatic rings. The third-order valence-corrected chi connectivity index (χ3v) is 2.76. The normalized spacial score (nSPS) is 10.9. The molecule has 1 rings (SSSR count). The highest BCUT2D eigenvalue weighted by Gasteiger charge is 2.13. The Hall–Kier alpha value is -1.83. The second-order valence-electron chi connectivity index (χ2n) is 5.90. The molecular weight excluding hydrogens is 238 g/mol. The molecule has 0 saturated carbocycles. The Labute approximate surface area is 115 Å². The molecule has 0 unspecified atom stereocenters. The van der Waals surface area contributed by atoms with E-state index in [0.717, 1.165) is 18.8 Å². The summed E-state index contributed by atoms with van der Waals surface area (Å²) in [5.41, 5.74) is 0.304. The van der Waals surface area contributed by atoms with Gasteiger partial charge in [0.15, 0.2) is 0 Å². The van der Waals surface area contributed by atoms with E-state index in [4.69, 9.17) is 5.26 Å². The number of nitrogens with zero attached hydrogens (tertiary/aromatic N) is 4. The van der Waals surface area contributed by atoms with Gasteiger partial charge in [0, 0.05) is 19.7 Å². The van der Waals surface area contributed by atoms with E-state index in [1.807, 2.05) is 26.1 Å². The molecule has 0 bridgehead atoms. The van der Waals surface area contributed by atoms with Crippen LogP contribution in [0.15, 0.2) is 6.07 Å². The van der Waals surface area contributed by atoms with Crippen molar-refractivity contribution in [3.8, 4) is 6.07 Å². The quantitative estimate of drug-likeness (QED) is 0.825. The number of anilines is 2. The van der Waals surface area contributed by atoms with Gasteiger partial charge in [-0.05, 0) is 18.8 Å². The molecule has 0 radical (unpaired) electrons. The average molecular weight is 261 g/mol. The molecule has 1 N–H and O–H groups in total. The van der Waals surface area contributed by atoms with Gasteiger partial charge in [-0.1, -0.05) is 20.8 Å². The van der Waals surface area contributed by atoms with Crippen LogP contribution in [-0.4, -0.2) is 30.1 Å². The Morgan fingerprint density at radius 3 is 2.63 bits per heavy atom. The van der Waals surface area contributed by atoms with Gasteiger partial charge in [0.1, 0.15) is 24.0 Å². The number of hydrogen-bond acceptors (Lipinski definition) is 5. The summed E-state index contributed by atoms with van der Waals surface area (Å²) in [6, 6.07) is 3.93. The predicted octanol–water partition coefficient (Wildman–Crippen LogP) is 2.59. The smallest absolute Gasteiger partial charge is 0.134 e. The lowest BCUT2D eigenvalue weighted by Gasteiger charge is -2.24. The minimum absolute atomic E-state index is 0.252. The summed E-state index contributed by atoms with van der Waals surface area (Å²) in [6.45, 7) is 9.74. The van der Waals surface area contributed by atoms with E-state index in [-0.39, 0.29) is 6.54 Å². The van der Waals surface area contributed by atoms with Gasteiger partial charge in [0.2, 0.25) is 0 Å². The fourth-order valence-corrected chi connectivity index (χ4v) is 1.59. The molecule has 0 aromatic carbocycles. The Kier molecular flexibility index (Phi) is 5.11. The third kappa shape index (κ3) is 5.56. The van der Waals surface area contributed by atoms with Gasteiger partial charge >= 0.3 is 0 Å². The maximum absolute atomic E-state index is 8.58. The van der Waals surface area contributed by atoms with Gasteiger partial charge in [0.05, 0.1) is 6.07 Å². The molecule has 0 atom stereocenters. The zero-order chi connectivity index (χ0) is 14.5. The minimum Gasteiger partial charge on any atom is -0.359 e. The summed E-state index contributed by atoms with van der Waals surface area (Å²) >= 11 is 0. The van der Waals surface area contributed by atoms with Crippen molar-refractivity contribution in [3.05, 3.63) is 11.9 Å². The lowest BCUT2D eigenvalue weighted by atomic mass is 9.92. The second-order valence-corrected chi connectivity index (χ2v) is 5.90. The molecule has 0 spiro atoms. The van der Waals surface area contributed by atoms with Crippen molar-refractivity contribution in [3.63, 3.8) is 0 Å². The molecule has 0 fully saturated rings. The lowest BCUT2D eigenvalue weighted by molar-refractivity contribution is 0.381. The Morgan fingerprint density at radius 2 is 2.05 bits per heavy atom. The zero-order valence-corrected chi connectivity index (χ0v) is 12.5. The van der Waals surface area contributed by atoms with Crippen LogP contribution in [-0.2, 0) is 0 Å². The van der Waals surface area contributed by atoms with Gasteiger partial charge in [-0.25, -0.2) is 9.97 Å². The molecule has 19 heavy (non-hydrogen) atoms. The first kappa shape index (κ1) is 15.2. The van der Waals surface area contributed by atoms with E-state index in [0.29, 0.717) is 17.1 Å². The van der Waals surface area contributed by atoms with Crippen molar-refractivity contribution in [2.24, 2.45) is 5.41 Å². The van der Waals surface area contributed by atoms with Crippen molar-refractivity contribution >= 4 is 11.6 Å². The first-order chi connectivity index (χ1) is 8.81. The Morgan fingerprint density at radius 1 is 1.37 bits per heavy atom. The van der Waals surface area contributed by atoms with Crippen molar-refractivity contribution in [2.75, 3.05) is 30.4 Å². The first-order valence-electron chi connectivity index (χ1n) is 6.49. The highest BCUT2D eigenvalue weighted by molar-refractivity contribution is 5.49.